The second-order valence-electron chi connectivity index (χ2n) is 5.65. The third-order valence-electron chi connectivity index (χ3n) is 4.19. The smallest absolute Gasteiger partial charge is 0.0645 e. The Balaban J connectivity index is 1.85. The minimum atomic E-state index is 0.292. The number of nitrogens with one attached hydrogen (secondary N) is 1. The van der Waals surface area contributed by atoms with Crippen molar-refractivity contribution in [3.63, 3.8) is 0 Å². The first-order valence-corrected chi connectivity index (χ1v) is 7.84. The molecule has 1 unspecified atom stereocenters. The molecule has 1 aromatic heterocycles. The van der Waals surface area contributed by atoms with E-state index in [-0.39, 0.29) is 0 Å². The number of benzene rings is 1. The molecule has 0 radical (unpaired) electrons. The van der Waals surface area contributed by atoms with Crippen LogP contribution < -0.4 is 5.32 Å². The normalized spacial score (nSPS) is 17.1. The van der Waals surface area contributed by atoms with Crippen LogP contribution in [0.5, 0.6) is 0 Å². The summed E-state index contributed by atoms with van der Waals surface area (Å²) in [5.74, 6) is 0. The van der Waals surface area contributed by atoms with Gasteiger partial charge < -0.3 is 5.32 Å². The van der Waals surface area contributed by atoms with Gasteiger partial charge in [0, 0.05) is 11.8 Å². The zero-order valence-corrected chi connectivity index (χ0v) is 12.6. The van der Waals surface area contributed by atoms with Crippen molar-refractivity contribution in [3.05, 3.63) is 59.9 Å². The molecule has 1 aliphatic rings. The maximum absolute atomic E-state index is 4.52. The van der Waals surface area contributed by atoms with Gasteiger partial charge in [-0.15, -0.1) is 0 Å². The summed E-state index contributed by atoms with van der Waals surface area (Å²) in [6.45, 7) is 0. The van der Waals surface area contributed by atoms with E-state index in [1.165, 1.54) is 43.2 Å². The molecule has 1 N–H and O–H groups in total. The summed E-state index contributed by atoms with van der Waals surface area (Å²) in [7, 11) is 2.04. The van der Waals surface area contributed by atoms with Crippen LogP contribution in [0.4, 0.5) is 0 Å². The second kappa shape index (κ2) is 6.72. The van der Waals surface area contributed by atoms with Gasteiger partial charge >= 0.3 is 0 Å². The van der Waals surface area contributed by atoms with E-state index in [1.807, 2.05) is 36.1 Å². The van der Waals surface area contributed by atoms with E-state index in [2.05, 4.69) is 34.8 Å². The largest absolute Gasteiger partial charge is 0.310 e. The van der Waals surface area contributed by atoms with Crippen molar-refractivity contribution in [2.24, 2.45) is 0 Å². The summed E-state index contributed by atoms with van der Waals surface area (Å²) >= 11 is 0. The first-order valence-electron chi connectivity index (χ1n) is 7.84. The number of rotatable bonds is 4. The molecule has 1 aromatic carbocycles. The van der Waals surface area contributed by atoms with Crippen LogP contribution >= 0.6 is 0 Å². The van der Waals surface area contributed by atoms with Crippen LogP contribution in [0.15, 0.2) is 54.4 Å². The van der Waals surface area contributed by atoms with Gasteiger partial charge in [-0.2, -0.15) is 5.10 Å². The summed E-state index contributed by atoms with van der Waals surface area (Å²) in [5, 5.41) is 7.98. The number of hydrogen-bond donors (Lipinski definition) is 1. The number of para-hydroxylation sites is 1. The van der Waals surface area contributed by atoms with E-state index in [9.17, 15) is 0 Å². The average molecular weight is 281 g/mol. The van der Waals surface area contributed by atoms with Crippen LogP contribution in [0.25, 0.3) is 5.69 Å². The van der Waals surface area contributed by atoms with Crippen LogP contribution in [-0.4, -0.2) is 16.8 Å². The lowest BCUT2D eigenvalue weighted by Crippen LogP contribution is -2.18. The zero-order valence-electron chi connectivity index (χ0n) is 12.6. The van der Waals surface area contributed by atoms with Gasteiger partial charge in [0.2, 0.25) is 0 Å². The monoisotopic (exact) mass is 281 g/mol. The maximum Gasteiger partial charge on any atom is 0.0645 e. The topological polar surface area (TPSA) is 29.9 Å². The predicted molar refractivity (Wildman–Crippen MR) is 86.5 cm³/mol. The van der Waals surface area contributed by atoms with E-state index in [0.717, 1.165) is 5.69 Å². The molecule has 0 spiro atoms. The van der Waals surface area contributed by atoms with Gasteiger partial charge in [0.1, 0.15) is 0 Å². The highest BCUT2D eigenvalue weighted by atomic mass is 15.3. The molecule has 1 atom stereocenters. The number of allylic oxidation sites excluding steroid dienone is 1. The Morgan fingerprint density at radius 1 is 1.14 bits per heavy atom. The molecule has 3 heteroatoms. The molecular weight excluding hydrogens is 258 g/mol. The lowest BCUT2D eigenvalue weighted by molar-refractivity contribution is 0.628. The first-order chi connectivity index (χ1) is 10.4. The predicted octanol–water partition coefficient (Wildman–Crippen LogP) is 4.02. The van der Waals surface area contributed by atoms with Crippen LogP contribution in [0.3, 0.4) is 0 Å². The van der Waals surface area contributed by atoms with Crippen molar-refractivity contribution >= 4 is 0 Å². The summed E-state index contributed by atoms with van der Waals surface area (Å²) in [6.07, 6.45) is 12.9. The van der Waals surface area contributed by atoms with Gasteiger partial charge in [0.05, 0.1) is 17.9 Å². The zero-order chi connectivity index (χ0) is 14.5. The fourth-order valence-electron chi connectivity index (χ4n) is 3.08. The van der Waals surface area contributed by atoms with Gasteiger partial charge in [0.15, 0.2) is 0 Å². The van der Waals surface area contributed by atoms with Crippen molar-refractivity contribution in [2.45, 2.75) is 38.1 Å². The molecule has 0 fully saturated rings. The molecule has 1 aliphatic carbocycles. The van der Waals surface area contributed by atoms with Crippen LogP contribution in [0, 0.1) is 0 Å². The minimum Gasteiger partial charge on any atom is -0.310 e. The minimum absolute atomic E-state index is 0.292. The molecule has 3 nitrogen and oxygen atoms in total. The molecular formula is C18H23N3. The fourth-order valence-corrected chi connectivity index (χ4v) is 3.08. The van der Waals surface area contributed by atoms with Crippen molar-refractivity contribution in [3.8, 4) is 5.69 Å². The molecule has 21 heavy (non-hydrogen) atoms. The molecule has 2 aromatic rings. The van der Waals surface area contributed by atoms with Gasteiger partial charge in [-0.3, -0.25) is 0 Å². The molecule has 3 rings (SSSR count). The van der Waals surface area contributed by atoms with Crippen molar-refractivity contribution < 1.29 is 0 Å². The first kappa shape index (κ1) is 14.1. The van der Waals surface area contributed by atoms with Gasteiger partial charge in [0.25, 0.3) is 0 Å². The van der Waals surface area contributed by atoms with Gasteiger partial charge in [-0.25, -0.2) is 4.68 Å². The lowest BCUT2D eigenvalue weighted by atomic mass is 9.97. The van der Waals surface area contributed by atoms with Crippen molar-refractivity contribution in [2.75, 3.05) is 7.05 Å². The lowest BCUT2D eigenvalue weighted by Gasteiger charge is -2.18. The summed E-state index contributed by atoms with van der Waals surface area (Å²) in [4.78, 5) is 0. The molecule has 1 heterocycles. The van der Waals surface area contributed by atoms with E-state index in [4.69, 9.17) is 0 Å². The third-order valence-corrected chi connectivity index (χ3v) is 4.19. The molecule has 0 amide bonds. The standard InChI is InChI=1S/C18H23N3/c1-19-18(15-9-5-2-3-6-10-15)16-13-20-21(14-16)17-11-7-4-8-12-17/h4,7-9,11-14,18-19H,2-3,5-6,10H2,1H3. The Hall–Kier alpha value is -1.87. The van der Waals surface area contributed by atoms with Gasteiger partial charge in [-0.05, 0) is 44.9 Å². The maximum atomic E-state index is 4.52. The molecule has 0 saturated heterocycles. The number of likely N-dealkylation sites (N-methyl/N-ethyl adjacent to an activating group) is 1. The molecule has 110 valence electrons. The average Bonchev–Trinajstić information content (AvgIpc) is 2.86. The summed E-state index contributed by atoms with van der Waals surface area (Å²) in [5.41, 5.74) is 3.87. The van der Waals surface area contributed by atoms with Crippen molar-refractivity contribution in [1.82, 2.24) is 15.1 Å². The SMILES string of the molecule is CNC(C1=CCCCCC1)c1cnn(-c2ccccc2)c1. The van der Waals surface area contributed by atoms with Crippen molar-refractivity contribution in [1.29, 1.82) is 0 Å². The number of aromatic nitrogens is 2. The van der Waals surface area contributed by atoms with E-state index >= 15 is 0 Å². The van der Waals surface area contributed by atoms with E-state index in [0.29, 0.717) is 6.04 Å². The Morgan fingerprint density at radius 3 is 2.81 bits per heavy atom. The number of nitrogens with zero attached hydrogens (tertiary/aromatic N) is 2. The Morgan fingerprint density at radius 2 is 2.00 bits per heavy atom. The highest BCUT2D eigenvalue weighted by Gasteiger charge is 2.17. The summed E-state index contributed by atoms with van der Waals surface area (Å²) < 4.78 is 1.96. The second-order valence-corrected chi connectivity index (χ2v) is 5.65. The highest BCUT2D eigenvalue weighted by Crippen LogP contribution is 2.29. The van der Waals surface area contributed by atoms with Gasteiger partial charge in [-0.1, -0.05) is 36.3 Å². The fraction of sp³-hybridized carbons (Fsp3) is 0.389. The molecule has 0 aliphatic heterocycles. The third kappa shape index (κ3) is 3.24. The van der Waals surface area contributed by atoms with E-state index < -0.39 is 0 Å². The van der Waals surface area contributed by atoms with Crippen LogP contribution in [0.2, 0.25) is 0 Å². The quantitative estimate of drug-likeness (QED) is 0.858. The molecule has 0 bridgehead atoms. The summed E-state index contributed by atoms with van der Waals surface area (Å²) in [6, 6.07) is 10.6. The van der Waals surface area contributed by atoms with Crippen LogP contribution in [-0.2, 0) is 0 Å². The van der Waals surface area contributed by atoms with E-state index in [1.54, 1.807) is 0 Å². The Kier molecular flexibility index (Phi) is 4.51. The van der Waals surface area contributed by atoms with Crippen LogP contribution in [0.1, 0.15) is 43.7 Å². The Bertz CT molecular complexity index is 598. The number of hydrogen-bond acceptors (Lipinski definition) is 2. The highest BCUT2D eigenvalue weighted by molar-refractivity contribution is 5.33. The molecule has 0 saturated carbocycles. The Labute approximate surface area is 126 Å².